The molecule has 0 bridgehead atoms. The second-order valence-electron chi connectivity index (χ2n) is 6.80. The highest BCUT2D eigenvalue weighted by molar-refractivity contribution is 7.13. The normalized spacial score (nSPS) is 11.0. The minimum absolute atomic E-state index is 0.0310. The number of para-hydroxylation sites is 1. The largest absolute Gasteiger partial charge is 0.481 e. The number of carboxylic acid groups (broad SMARTS) is 1. The van der Waals surface area contributed by atoms with Crippen LogP contribution in [0.1, 0.15) is 32.0 Å². The van der Waals surface area contributed by atoms with Gasteiger partial charge in [-0.05, 0) is 11.6 Å². The van der Waals surface area contributed by atoms with Gasteiger partial charge in [0.1, 0.15) is 0 Å². The van der Waals surface area contributed by atoms with Crippen molar-refractivity contribution in [2.75, 3.05) is 10.6 Å². The molecular weight excluding hydrogens is 354 g/mol. The van der Waals surface area contributed by atoms with Crippen LogP contribution in [0, 0.1) is 5.41 Å². The van der Waals surface area contributed by atoms with Crippen molar-refractivity contribution in [1.82, 2.24) is 4.98 Å². The Balaban J connectivity index is 1.99. The molecule has 3 N–H and O–H groups in total. The Morgan fingerprint density at radius 2 is 1.81 bits per heavy atom. The molecule has 7 nitrogen and oxygen atoms in total. The smallest absolute Gasteiger partial charge is 0.307 e. The molecule has 0 aliphatic heterocycles. The number of hydrogen-bond donors (Lipinski definition) is 3. The first-order valence-electron chi connectivity index (χ1n) is 8.00. The molecule has 0 saturated carbocycles. The number of thiazole rings is 1. The highest BCUT2D eigenvalue weighted by Crippen LogP contribution is 2.21. The molecule has 0 saturated heterocycles. The first kappa shape index (κ1) is 19.6. The van der Waals surface area contributed by atoms with Crippen LogP contribution in [-0.2, 0) is 27.2 Å². The van der Waals surface area contributed by atoms with Crippen molar-refractivity contribution in [3.8, 4) is 0 Å². The van der Waals surface area contributed by atoms with Gasteiger partial charge in [-0.3, -0.25) is 14.4 Å². The van der Waals surface area contributed by atoms with E-state index < -0.39 is 11.4 Å². The maximum Gasteiger partial charge on any atom is 0.307 e. The van der Waals surface area contributed by atoms with E-state index in [2.05, 4.69) is 15.6 Å². The molecule has 1 aromatic heterocycles. The van der Waals surface area contributed by atoms with Crippen LogP contribution < -0.4 is 10.6 Å². The van der Waals surface area contributed by atoms with Gasteiger partial charge in [0.05, 0.1) is 18.5 Å². The molecule has 138 valence electrons. The van der Waals surface area contributed by atoms with E-state index in [1.165, 1.54) is 11.3 Å². The fourth-order valence-corrected chi connectivity index (χ4v) is 2.75. The number of carbonyl (C=O) groups is 3. The molecule has 0 fully saturated rings. The molecule has 2 rings (SSSR count). The number of aromatic nitrogens is 1. The first-order chi connectivity index (χ1) is 12.1. The minimum Gasteiger partial charge on any atom is -0.481 e. The van der Waals surface area contributed by atoms with Gasteiger partial charge in [-0.25, -0.2) is 4.98 Å². The maximum absolute atomic E-state index is 12.2. The molecule has 0 spiro atoms. The van der Waals surface area contributed by atoms with E-state index in [1.54, 1.807) is 50.4 Å². The van der Waals surface area contributed by atoms with E-state index >= 15 is 0 Å². The van der Waals surface area contributed by atoms with Crippen LogP contribution in [-0.4, -0.2) is 27.9 Å². The van der Waals surface area contributed by atoms with Crippen LogP contribution in [0.4, 0.5) is 10.8 Å². The fraction of sp³-hybridized carbons (Fsp3) is 0.333. The topological polar surface area (TPSA) is 108 Å². The van der Waals surface area contributed by atoms with Gasteiger partial charge in [-0.15, -0.1) is 11.3 Å². The number of anilines is 2. The van der Waals surface area contributed by atoms with Crippen LogP contribution in [0.3, 0.4) is 0 Å². The SMILES string of the molecule is CC(C)(C)C(=O)Nc1nc(CC(=O)Nc2ccccc2CC(=O)O)cs1. The number of rotatable bonds is 6. The molecule has 0 radical (unpaired) electrons. The summed E-state index contributed by atoms with van der Waals surface area (Å²) >= 11 is 1.25. The number of aliphatic carboxylic acids is 1. The third kappa shape index (κ3) is 5.66. The van der Waals surface area contributed by atoms with Gasteiger partial charge < -0.3 is 15.7 Å². The average molecular weight is 375 g/mol. The molecule has 8 heteroatoms. The zero-order chi connectivity index (χ0) is 19.3. The molecule has 0 atom stereocenters. The first-order valence-corrected chi connectivity index (χ1v) is 8.88. The second-order valence-corrected chi connectivity index (χ2v) is 7.66. The van der Waals surface area contributed by atoms with Crippen LogP contribution in [0.2, 0.25) is 0 Å². The molecular formula is C18H21N3O4S. The van der Waals surface area contributed by atoms with Crippen LogP contribution in [0.25, 0.3) is 0 Å². The lowest BCUT2D eigenvalue weighted by atomic mass is 9.96. The fourth-order valence-electron chi connectivity index (χ4n) is 2.05. The Hall–Kier alpha value is -2.74. The molecule has 1 heterocycles. The lowest BCUT2D eigenvalue weighted by Crippen LogP contribution is -2.27. The molecule has 2 aromatic rings. The summed E-state index contributed by atoms with van der Waals surface area (Å²) in [6.45, 7) is 5.41. The van der Waals surface area contributed by atoms with E-state index in [9.17, 15) is 14.4 Å². The number of carboxylic acids is 1. The Kier molecular flexibility index (Phi) is 6.10. The van der Waals surface area contributed by atoms with E-state index in [-0.39, 0.29) is 24.7 Å². The van der Waals surface area contributed by atoms with E-state index in [0.717, 1.165) is 0 Å². The zero-order valence-electron chi connectivity index (χ0n) is 14.8. The Morgan fingerprint density at radius 3 is 2.46 bits per heavy atom. The summed E-state index contributed by atoms with van der Waals surface area (Å²) in [5, 5.41) is 16.5. The van der Waals surface area contributed by atoms with E-state index in [0.29, 0.717) is 22.1 Å². The zero-order valence-corrected chi connectivity index (χ0v) is 15.6. The van der Waals surface area contributed by atoms with Crippen molar-refractivity contribution < 1.29 is 19.5 Å². The van der Waals surface area contributed by atoms with Crippen molar-refractivity contribution in [2.24, 2.45) is 5.41 Å². The summed E-state index contributed by atoms with van der Waals surface area (Å²) in [7, 11) is 0. The van der Waals surface area contributed by atoms with E-state index in [4.69, 9.17) is 5.11 Å². The maximum atomic E-state index is 12.2. The molecule has 0 unspecified atom stereocenters. The van der Waals surface area contributed by atoms with Crippen molar-refractivity contribution in [2.45, 2.75) is 33.6 Å². The number of benzene rings is 1. The van der Waals surface area contributed by atoms with Crippen molar-refractivity contribution in [3.05, 3.63) is 40.9 Å². The van der Waals surface area contributed by atoms with Crippen LogP contribution >= 0.6 is 11.3 Å². The van der Waals surface area contributed by atoms with E-state index in [1.807, 2.05) is 0 Å². The summed E-state index contributed by atoms with van der Waals surface area (Å²) in [5.74, 6) is -1.42. The predicted molar refractivity (Wildman–Crippen MR) is 100 cm³/mol. The summed E-state index contributed by atoms with van der Waals surface area (Å²) < 4.78 is 0. The minimum atomic E-state index is -0.967. The standard InChI is InChI=1S/C18H21N3O4S/c1-18(2,3)16(25)21-17-19-12(10-26-17)9-14(22)20-13-7-5-4-6-11(13)8-15(23)24/h4-7,10H,8-9H2,1-3H3,(H,20,22)(H,23,24)(H,19,21,25). The number of amides is 2. The third-order valence-electron chi connectivity index (χ3n) is 3.43. The number of hydrogen-bond acceptors (Lipinski definition) is 5. The van der Waals surface area contributed by atoms with Gasteiger partial charge in [-0.1, -0.05) is 39.0 Å². The monoisotopic (exact) mass is 375 g/mol. The highest BCUT2D eigenvalue weighted by atomic mass is 32.1. The lowest BCUT2D eigenvalue weighted by molar-refractivity contribution is -0.136. The van der Waals surface area contributed by atoms with Crippen LogP contribution in [0.5, 0.6) is 0 Å². The molecule has 1 aromatic carbocycles. The average Bonchev–Trinajstić information content (AvgIpc) is 2.94. The Bertz CT molecular complexity index is 824. The summed E-state index contributed by atoms with van der Waals surface area (Å²) in [4.78, 5) is 39.3. The number of carbonyl (C=O) groups excluding carboxylic acids is 2. The van der Waals surface area contributed by atoms with Crippen LogP contribution in [0.15, 0.2) is 29.6 Å². The third-order valence-corrected chi connectivity index (χ3v) is 4.23. The Morgan fingerprint density at radius 1 is 1.12 bits per heavy atom. The Labute approximate surface area is 155 Å². The molecule has 0 aliphatic rings. The van der Waals surface area contributed by atoms with Gasteiger partial charge in [0.15, 0.2) is 5.13 Å². The lowest BCUT2D eigenvalue weighted by Gasteiger charge is -2.15. The van der Waals surface area contributed by atoms with Gasteiger partial charge in [0.25, 0.3) is 0 Å². The predicted octanol–water partition coefficient (Wildman–Crippen LogP) is 2.94. The quantitative estimate of drug-likeness (QED) is 0.719. The summed E-state index contributed by atoms with van der Waals surface area (Å²) in [6.07, 6.45) is -0.139. The van der Waals surface area contributed by atoms with Crippen molar-refractivity contribution in [1.29, 1.82) is 0 Å². The van der Waals surface area contributed by atoms with Gasteiger partial charge in [0, 0.05) is 16.5 Å². The van der Waals surface area contributed by atoms with Gasteiger partial charge >= 0.3 is 5.97 Å². The summed E-state index contributed by atoms with van der Waals surface area (Å²) in [5.41, 5.74) is 1.01. The van der Waals surface area contributed by atoms with Gasteiger partial charge in [-0.2, -0.15) is 0 Å². The summed E-state index contributed by atoms with van der Waals surface area (Å²) in [6, 6.07) is 6.77. The number of nitrogens with zero attached hydrogens (tertiary/aromatic N) is 1. The van der Waals surface area contributed by atoms with Gasteiger partial charge in [0.2, 0.25) is 11.8 Å². The second kappa shape index (κ2) is 8.09. The van der Waals surface area contributed by atoms with Crippen molar-refractivity contribution in [3.63, 3.8) is 0 Å². The molecule has 26 heavy (non-hydrogen) atoms. The molecule has 2 amide bonds. The highest BCUT2D eigenvalue weighted by Gasteiger charge is 2.22. The number of nitrogens with one attached hydrogen (secondary N) is 2. The molecule has 0 aliphatic carbocycles. The van der Waals surface area contributed by atoms with Crippen molar-refractivity contribution >= 4 is 39.9 Å².